The fourth-order valence-corrected chi connectivity index (χ4v) is 4.68. The van der Waals surface area contributed by atoms with E-state index in [1.807, 2.05) is 32.0 Å². The second kappa shape index (κ2) is 7.40. The summed E-state index contributed by atoms with van der Waals surface area (Å²) in [7, 11) is -2.19. The van der Waals surface area contributed by atoms with Gasteiger partial charge in [-0.15, -0.1) is 6.58 Å². The molecule has 0 atom stereocenters. The number of benzene rings is 2. The quantitative estimate of drug-likeness (QED) is 0.661. The molecule has 2 aromatic rings. The number of ether oxygens (including phenoxy) is 1. The van der Waals surface area contributed by atoms with Crippen LogP contribution >= 0.6 is 15.9 Å². The molecule has 0 N–H and O–H groups in total. The number of halogens is 1. The van der Waals surface area contributed by atoms with Gasteiger partial charge < -0.3 is 4.74 Å². The number of nitrogens with zero attached hydrogens (tertiary/aromatic N) is 1. The number of methoxy groups -OCH3 is 1. The van der Waals surface area contributed by atoms with E-state index in [0.717, 1.165) is 11.1 Å². The average molecular weight is 410 g/mol. The summed E-state index contributed by atoms with van der Waals surface area (Å²) in [5.41, 5.74) is 2.62. The number of hydrogen-bond acceptors (Lipinski definition) is 3. The lowest BCUT2D eigenvalue weighted by atomic mass is 10.1. The molecule has 0 fully saturated rings. The van der Waals surface area contributed by atoms with Gasteiger partial charge in [0.15, 0.2) is 0 Å². The summed E-state index contributed by atoms with van der Waals surface area (Å²) in [6.45, 7) is 7.76. The molecular weight excluding hydrogens is 390 g/mol. The Morgan fingerprint density at radius 2 is 1.92 bits per heavy atom. The van der Waals surface area contributed by atoms with Gasteiger partial charge in [0, 0.05) is 0 Å². The molecule has 0 heterocycles. The average Bonchev–Trinajstić information content (AvgIpc) is 2.53. The number of rotatable bonds is 6. The van der Waals surface area contributed by atoms with Crippen LogP contribution in [0.25, 0.3) is 0 Å². The largest absolute Gasteiger partial charge is 0.496 e. The first kappa shape index (κ1) is 18.5. The molecule has 4 nitrogen and oxygen atoms in total. The number of sulfonamides is 1. The molecule has 2 rings (SSSR count). The molecule has 0 amide bonds. The van der Waals surface area contributed by atoms with E-state index in [-0.39, 0.29) is 11.4 Å². The van der Waals surface area contributed by atoms with Gasteiger partial charge in [0.25, 0.3) is 10.0 Å². The molecule has 0 bridgehead atoms. The molecule has 0 aromatic heterocycles. The Kier molecular flexibility index (Phi) is 5.72. The normalized spacial score (nSPS) is 11.2. The molecule has 0 spiro atoms. The van der Waals surface area contributed by atoms with E-state index in [4.69, 9.17) is 4.74 Å². The van der Waals surface area contributed by atoms with E-state index in [9.17, 15) is 8.42 Å². The summed E-state index contributed by atoms with van der Waals surface area (Å²) in [5.74, 6) is 0.579. The fourth-order valence-electron chi connectivity index (χ4n) is 2.46. The third kappa shape index (κ3) is 3.65. The zero-order chi connectivity index (χ0) is 17.9. The molecule has 0 aliphatic rings. The van der Waals surface area contributed by atoms with Gasteiger partial charge in [0.05, 0.1) is 28.7 Å². The number of anilines is 1. The highest BCUT2D eigenvalue weighted by atomic mass is 79.9. The van der Waals surface area contributed by atoms with E-state index >= 15 is 0 Å². The predicted octanol–water partition coefficient (Wildman–Crippen LogP) is 4.46. The highest BCUT2D eigenvalue weighted by Crippen LogP contribution is 2.32. The summed E-state index contributed by atoms with van der Waals surface area (Å²) in [4.78, 5) is 0.192. The van der Waals surface area contributed by atoms with Crippen LogP contribution in [-0.4, -0.2) is 22.1 Å². The van der Waals surface area contributed by atoms with Crippen molar-refractivity contribution in [3.05, 3.63) is 64.7 Å². The van der Waals surface area contributed by atoms with Gasteiger partial charge in [-0.2, -0.15) is 0 Å². The summed E-state index contributed by atoms with van der Waals surface area (Å²) in [6.07, 6.45) is 1.58. The smallest absolute Gasteiger partial charge is 0.264 e. The Labute approximate surface area is 151 Å². The van der Waals surface area contributed by atoms with Gasteiger partial charge in [0.1, 0.15) is 5.75 Å². The van der Waals surface area contributed by atoms with Crippen LogP contribution in [0.1, 0.15) is 11.1 Å². The Hall–Kier alpha value is -1.79. The van der Waals surface area contributed by atoms with Crippen LogP contribution < -0.4 is 9.04 Å². The van der Waals surface area contributed by atoms with Crippen molar-refractivity contribution < 1.29 is 13.2 Å². The predicted molar refractivity (Wildman–Crippen MR) is 101 cm³/mol. The lowest BCUT2D eigenvalue weighted by molar-refractivity contribution is 0.411. The van der Waals surface area contributed by atoms with Gasteiger partial charge in [-0.25, -0.2) is 8.42 Å². The highest BCUT2D eigenvalue weighted by Gasteiger charge is 2.26. The van der Waals surface area contributed by atoms with Crippen molar-refractivity contribution in [3.63, 3.8) is 0 Å². The first-order chi connectivity index (χ1) is 11.3. The monoisotopic (exact) mass is 409 g/mol. The fraction of sp³-hybridized carbons (Fsp3) is 0.222. The maximum Gasteiger partial charge on any atom is 0.264 e. The number of hydrogen-bond donors (Lipinski definition) is 0. The summed E-state index contributed by atoms with van der Waals surface area (Å²) < 4.78 is 33.4. The van der Waals surface area contributed by atoms with Crippen molar-refractivity contribution in [1.29, 1.82) is 0 Å². The number of aryl methyl sites for hydroxylation is 2. The molecule has 0 unspecified atom stereocenters. The Bertz CT molecular complexity index is 863. The molecule has 2 aromatic carbocycles. The zero-order valence-electron chi connectivity index (χ0n) is 13.9. The third-order valence-corrected chi connectivity index (χ3v) is 6.02. The molecule has 0 radical (unpaired) electrons. The van der Waals surface area contributed by atoms with Gasteiger partial charge in [-0.3, -0.25) is 4.31 Å². The molecule has 0 saturated heterocycles. The molecule has 128 valence electrons. The van der Waals surface area contributed by atoms with Crippen LogP contribution in [0.15, 0.2) is 58.4 Å². The van der Waals surface area contributed by atoms with Crippen molar-refractivity contribution in [2.75, 3.05) is 18.0 Å². The molecule has 6 heteroatoms. The van der Waals surface area contributed by atoms with Crippen LogP contribution in [0, 0.1) is 13.8 Å². The maximum atomic E-state index is 13.1. The minimum absolute atomic E-state index is 0.190. The first-order valence-corrected chi connectivity index (χ1v) is 9.59. The van der Waals surface area contributed by atoms with Crippen LogP contribution in [0.4, 0.5) is 5.69 Å². The summed E-state index contributed by atoms with van der Waals surface area (Å²) >= 11 is 3.34. The topological polar surface area (TPSA) is 46.6 Å². The maximum absolute atomic E-state index is 13.1. The first-order valence-electron chi connectivity index (χ1n) is 7.35. The molecule has 0 saturated carbocycles. The van der Waals surface area contributed by atoms with Gasteiger partial charge in [-0.05, 0) is 59.6 Å². The summed E-state index contributed by atoms with van der Waals surface area (Å²) in [6, 6.07) is 10.4. The molecule has 0 aliphatic heterocycles. The van der Waals surface area contributed by atoms with Crippen LogP contribution in [0.3, 0.4) is 0 Å². The lowest BCUT2D eigenvalue weighted by Crippen LogP contribution is -2.31. The Morgan fingerprint density at radius 3 is 2.46 bits per heavy atom. The van der Waals surface area contributed by atoms with E-state index < -0.39 is 10.0 Å². The van der Waals surface area contributed by atoms with E-state index in [0.29, 0.717) is 15.9 Å². The lowest BCUT2D eigenvalue weighted by Gasteiger charge is -2.25. The van der Waals surface area contributed by atoms with Crippen molar-refractivity contribution >= 4 is 31.6 Å². The van der Waals surface area contributed by atoms with E-state index in [1.54, 1.807) is 24.3 Å². The van der Waals surface area contributed by atoms with Gasteiger partial charge >= 0.3 is 0 Å². The zero-order valence-corrected chi connectivity index (χ0v) is 16.3. The minimum atomic E-state index is -3.72. The third-order valence-electron chi connectivity index (χ3n) is 3.63. The SMILES string of the molecule is C=CCN(c1ccc(C)cc1C)S(=O)(=O)c1ccc(OC)c(Br)c1. The highest BCUT2D eigenvalue weighted by molar-refractivity contribution is 9.10. The van der Waals surface area contributed by atoms with Gasteiger partial charge in [-0.1, -0.05) is 23.8 Å². The second-order valence-electron chi connectivity index (χ2n) is 5.41. The van der Waals surface area contributed by atoms with E-state index in [1.165, 1.54) is 11.4 Å². The standard InChI is InChI=1S/C18H20BrNO3S/c1-5-10-20(17-8-6-13(2)11-14(17)3)24(21,22)15-7-9-18(23-4)16(19)12-15/h5-9,11-12H,1,10H2,2-4H3. The van der Waals surface area contributed by atoms with E-state index in [2.05, 4.69) is 22.5 Å². The summed E-state index contributed by atoms with van der Waals surface area (Å²) in [5, 5.41) is 0. The molecular formula is C18H20BrNO3S. The van der Waals surface area contributed by atoms with Crippen molar-refractivity contribution in [3.8, 4) is 5.75 Å². The Morgan fingerprint density at radius 1 is 1.21 bits per heavy atom. The second-order valence-corrected chi connectivity index (χ2v) is 8.13. The Balaban J connectivity index is 2.57. The van der Waals surface area contributed by atoms with Crippen LogP contribution in [0.5, 0.6) is 5.75 Å². The van der Waals surface area contributed by atoms with Crippen LogP contribution in [-0.2, 0) is 10.0 Å². The van der Waals surface area contributed by atoms with Crippen LogP contribution in [0.2, 0.25) is 0 Å². The molecule has 0 aliphatic carbocycles. The van der Waals surface area contributed by atoms with Crippen molar-refractivity contribution in [2.24, 2.45) is 0 Å². The van der Waals surface area contributed by atoms with Crippen molar-refractivity contribution in [2.45, 2.75) is 18.7 Å². The minimum Gasteiger partial charge on any atom is -0.496 e. The van der Waals surface area contributed by atoms with Gasteiger partial charge in [0.2, 0.25) is 0 Å². The molecule has 24 heavy (non-hydrogen) atoms. The van der Waals surface area contributed by atoms with Crippen molar-refractivity contribution in [1.82, 2.24) is 0 Å².